The molecule has 0 aliphatic rings. The number of carbonyl (C=O) groups is 1. The molecule has 0 amide bonds. The van der Waals surface area contributed by atoms with E-state index in [1.807, 2.05) is 54.6 Å². The summed E-state index contributed by atoms with van der Waals surface area (Å²) < 4.78 is 15.4. The van der Waals surface area contributed by atoms with Crippen LogP contribution in [0.5, 0.6) is 0 Å². The number of nitrogens with zero attached hydrogens (tertiary/aromatic N) is 1. The molecule has 0 aliphatic heterocycles. The van der Waals surface area contributed by atoms with Crippen molar-refractivity contribution < 1.29 is 14.3 Å². The van der Waals surface area contributed by atoms with Crippen molar-refractivity contribution in [3.63, 3.8) is 0 Å². The van der Waals surface area contributed by atoms with Gasteiger partial charge in [0.05, 0.1) is 0 Å². The Balaban J connectivity index is 1.71. The number of carboxylic acids is 1. The molecule has 146 valence electrons. The second-order valence-electron chi connectivity index (χ2n) is 6.95. The van der Waals surface area contributed by atoms with Crippen molar-refractivity contribution in [1.82, 2.24) is 9.88 Å². The van der Waals surface area contributed by atoms with E-state index in [2.05, 4.69) is 5.32 Å². The van der Waals surface area contributed by atoms with Crippen LogP contribution in [0.15, 0.2) is 78.9 Å². The number of para-hydroxylation sites is 1. The average molecular weight is 388 g/mol. The summed E-state index contributed by atoms with van der Waals surface area (Å²) in [5.41, 5.74) is 3.65. The highest BCUT2D eigenvalue weighted by Gasteiger charge is 2.22. The molecule has 0 atom stereocenters. The Morgan fingerprint density at radius 3 is 2.38 bits per heavy atom. The van der Waals surface area contributed by atoms with Gasteiger partial charge in [0.1, 0.15) is 11.5 Å². The van der Waals surface area contributed by atoms with E-state index in [0.29, 0.717) is 19.6 Å². The molecule has 5 heteroatoms. The molecule has 1 heterocycles. The SMILES string of the molecule is O=C(O)c1c(CNCc2ccccc2)c2ccccc2n1Cc1cccc(F)c1. The fraction of sp³-hybridized carbons (Fsp3) is 0.125. The van der Waals surface area contributed by atoms with Gasteiger partial charge in [-0.3, -0.25) is 0 Å². The molecular weight excluding hydrogens is 367 g/mol. The fourth-order valence-electron chi connectivity index (χ4n) is 3.71. The molecule has 0 aliphatic carbocycles. The number of benzene rings is 3. The predicted molar refractivity (Wildman–Crippen MR) is 111 cm³/mol. The summed E-state index contributed by atoms with van der Waals surface area (Å²) in [6, 6.07) is 23.9. The zero-order chi connectivity index (χ0) is 20.2. The van der Waals surface area contributed by atoms with Gasteiger partial charge in [-0.25, -0.2) is 9.18 Å². The summed E-state index contributed by atoms with van der Waals surface area (Å²) in [6.07, 6.45) is 0. The first-order valence-corrected chi connectivity index (χ1v) is 9.46. The summed E-state index contributed by atoms with van der Waals surface area (Å²) in [5, 5.41) is 14.2. The van der Waals surface area contributed by atoms with Gasteiger partial charge in [0.25, 0.3) is 0 Å². The van der Waals surface area contributed by atoms with Gasteiger partial charge in [-0.1, -0.05) is 60.7 Å². The number of hydrogen-bond acceptors (Lipinski definition) is 2. The Morgan fingerprint density at radius 2 is 1.62 bits per heavy atom. The van der Waals surface area contributed by atoms with Crippen LogP contribution in [0.1, 0.15) is 27.2 Å². The summed E-state index contributed by atoms with van der Waals surface area (Å²) in [4.78, 5) is 12.2. The second kappa shape index (κ2) is 8.29. The van der Waals surface area contributed by atoms with E-state index in [-0.39, 0.29) is 11.5 Å². The normalized spacial score (nSPS) is 11.1. The lowest BCUT2D eigenvalue weighted by atomic mass is 10.1. The maximum absolute atomic E-state index is 13.6. The zero-order valence-corrected chi connectivity index (χ0v) is 15.8. The first-order chi connectivity index (χ1) is 14.1. The summed E-state index contributed by atoms with van der Waals surface area (Å²) in [6.45, 7) is 1.36. The molecule has 1 aromatic heterocycles. The second-order valence-corrected chi connectivity index (χ2v) is 6.95. The van der Waals surface area contributed by atoms with Crippen molar-refractivity contribution in [3.8, 4) is 0 Å². The number of halogens is 1. The number of nitrogens with one attached hydrogen (secondary N) is 1. The Bertz CT molecular complexity index is 1150. The van der Waals surface area contributed by atoms with Crippen LogP contribution >= 0.6 is 0 Å². The molecule has 0 unspecified atom stereocenters. The van der Waals surface area contributed by atoms with Crippen LogP contribution < -0.4 is 5.32 Å². The minimum absolute atomic E-state index is 0.232. The van der Waals surface area contributed by atoms with Crippen LogP contribution in [-0.4, -0.2) is 15.6 Å². The molecule has 0 fully saturated rings. The third-order valence-corrected chi connectivity index (χ3v) is 4.98. The molecule has 4 rings (SSSR count). The Morgan fingerprint density at radius 1 is 0.897 bits per heavy atom. The van der Waals surface area contributed by atoms with E-state index in [4.69, 9.17) is 0 Å². The quantitative estimate of drug-likeness (QED) is 0.477. The average Bonchev–Trinajstić information content (AvgIpc) is 3.03. The highest BCUT2D eigenvalue weighted by atomic mass is 19.1. The van der Waals surface area contributed by atoms with E-state index in [9.17, 15) is 14.3 Å². The number of carboxylic acid groups (broad SMARTS) is 1. The summed E-state index contributed by atoms with van der Waals surface area (Å²) in [7, 11) is 0. The van der Waals surface area contributed by atoms with E-state index in [0.717, 1.165) is 27.6 Å². The Kier molecular flexibility index (Phi) is 5.40. The highest BCUT2D eigenvalue weighted by Crippen LogP contribution is 2.28. The molecule has 0 radical (unpaired) electrons. The van der Waals surface area contributed by atoms with Crippen molar-refractivity contribution in [3.05, 3.63) is 107 Å². The van der Waals surface area contributed by atoms with Crippen LogP contribution in [0, 0.1) is 5.82 Å². The van der Waals surface area contributed by atoms with Gasteiger partial charge < -0.3 is 15.0 Å². The van der Waals surface area contributed by atoms with Crippen LogP contribution in [0.25, 0.3) is 10.9 Å². The van der Waals surface area contributed by atoms with Gasteiger partial charge in [-0.15, -0.1) is 0 Å². The lowest BCUT2D eigenvalue weighted by Crippen LogP contribution is -2.17. The van der Waals surface area contributed by atoms with Crippen LogP contribution in [-0.2, 0) is 19.6 Å². The number of fused-ring (bicyclic) bond motifs is 1. The minimum Gasteiger partial charge on any atom is -0.477 e. The molecule has 0 saturated carbocycles. The summed E-state index contributed by atoms with van der Waals surface area (Å²) >= 11 is 0. The number of aromatic carboxylic acids is 1. The molecular formula is C24H21FN2O2. The van der Waals surface area contributed by atoms with Gasteiger partial charge in [0, 0.05) is 36.1 Å². The van der Waals surface area contributed by atoms with Crippen molar-refractivity contribution in [2.24, 2.45) is 0 Å². The lowest BCUT2D eigenvalue weighted by molar-refractivity contribution is 0.0685. The third-order valence-electron chi connectivity index (χ3n) is 4.98. The third kappa shape index (κ3) is 4.05. The van der Waals surface area contributed by atoms with E-state index in [1.54, 1.807) is 16.7 Å². The van der Waals surface area contributed by atoms with Gasteiger partial charge in [0.15, 0.2) is 0 Å². The molecule has 4 nitrogen and oxygen atoms in total. The smallest absolute Gasteiger partial charge is 0.352 e. The predicted octanol–water partition coefficient (Wildman–Crippen LogP) is 4.82. The molecule has 0 saturated heterocycles. The van der Waals surface area contributed by atoms with E-state index in [1.165, 1.54) is 12.1 Å². The van der Waals surface area contributed by atoms with Crippen molar-refractivity contribution >= 4 is 16.9 Å². The van der Waals surface area contributed by atoms with Crippen LogP contribution in [0.2, 0.25) is 0 Å². The maximum Gasteiger partial charge on any atom is 0.352 e. The topological polar surface area (TPSA) is 54.3 Å². The molecule has 0 bridgehead atoms. The van der Waals surface area contributed by atoms with Crippen molar-refractivity contribution in [2.75, 3.05) is 0 Å². The first kappa shape index (κ1) is 18.9. The Hall–Kier alpha value is -3.44. The number of hydrogen-bond donors (Lipinski definition) is 2. The van der Waals surface area contributed by atoms with Crippen LogP contribution in [0.4, 0.5) is 4.39 Å². The molecule has 3 aromatic carbocycles. The maximum atomic E-state index is 13.6. The Labute approximate surface area is 168 Å². The van der Waals surface area contributed by atoms with Gasteiger partial charge in [-0.2, -0.15) is 0 Å². The van der Waals surface area contributed by atoms with Crippen LogP contribution in [0.3, 0.4) is 0 Å². The molecule has 4 aromatic rings. The molecule has 2 N–H and O–H groups in total. The molecule has 0 spiro atoms. The molecule has 29 heavy (non-hydrogen) atoms. The van der Waals surface area contributed by atoms with Crippen molar-refractivity contribution in [2.45, 2.75) is 19.6 Å². The van der Waals surface area contributed by atoms with Gasteiger partial charge >= 0.3 is 5.97 Å². The monoisotopic (exact) mass is 388 g/mol. The highest BCUT2D eigenvalue weighted by molar-refractivity contribution is 5.98. The van der Waals surface area contributed by atoms with Crippen molar-refractivity contribution in [1.29, 1.82) is 0 Å². The zero-order valence-electron chi connectivity index (χ0n) is 15.8. The lowest BCUT2D eigenvalue weighted by Gasteiger charge is -2.10. The first-order valence-electron chi connectivity index (χ1n) is 9.46. The number of aromatic nitrogens is 1. The number of rotatable bonds is 7. The summed E-state index contributed by atoms with van der Waals surface area (Å²) in [5.74, 6) is -1.32. The van der Waals surface area contributed by atoms with Gasteiger partial charge in [0.2, 0.25) is 0 Å². The van der Waals surface area contributed by atoms with Gasteiger partial charge in [-0.05, 0) is 29.3 Å². The largest absolute Gasteiger partial charge is 0.477 e. The minimum atomic E-state index is -0.992. The van der Waals surface area contributed by atoms with E-state index >= 15 is 0 Å². The fourth-order valence-corrected chi connectivity index (χ4v) is 3.71. The standard InChI is InChI=1S/C24H21FN2O2/c25-19-10-6-9-18(13-19)16-27-22-12-5-4-11-20(22)21(23(27)24(28)29)15-26-14-17-7-2-1-3-8-17/h1-13,26H,14-16H2,(H,28,29). The van der Waals surface area contributed by atoms with E-state index < -0.39 is 5.97 Å².